The van der Waals surface area contributed by atoms with Gasteiger partial charge in [-0.15, -0.1) is 0 Å². The first-order chi connectivity index (χ1) is 8.66. The minimum Gasteiger partial charge on any atom is -0.306 e. The molecule has 18 heavy (non-hydrogen) atoms. The number of hydrogen-bond donors (Lipinski definition) is 0. The van der Waals surface area contributed by atoms with Crippen LogP contribution in [0.5, 0.6) is 0 Å². The van der Waals surface area contributed by atoms with Gasteiger partial charge in [-0.25, -0.2) is 0 Å². The number of hydrogen-bond acceptors (Lipinski definition) is 1. The molecular formula is C15H21Cl2N. The number of rotatable bonds is 0. The van der Waals surface area contributed by atoms with Gasteiger partial charge < -0.3 is 4.90 Å². The van der Waals surface area contributed by atoms with Gasteiger partial charge in [0.2, 0.25) is 0 Å². The summed E-state index contributed by atoms with van der Waals surface area (Å²) in [6.45, 7) is 2.76. The minimum atomic E-state index is 0.606. The average molecular weight is 286 g/mol. The molecule has 1 aliphatic carbocycles. The van der Waals surface area contributed by atoms with Crippen LogP contribution in [0.4, 0.5) is 0 Å². The van der Waals surface area contributed by atoms with Gasteiger partial charge in [-0.05, 0) is 43.9 Å². The third-order valence-corrected chi connectivity index (χ3v) is 4.74. The summed E-state index contributed by atoms with van der Waals surface area (Å²) >= 11 is 11.2. The fourth-order valence-corrected chi connectivity index (χ4v) is 3.35. The van der Waals surface area contributed by atoms with E-state index in [9.17, 15) is 0 Å². The van der Waals surface area contributed by atoms with Crippen molar-refractivity contribution in [2.75, 3.05) is 20.1 Å². The summed E-state index contributed by atoms with van der Waals surface area (Å²) in [6, 6.07) is 7.19. The largest absolute Gasteiger partial charge is 0.306 e. The van der Waals surface area contributed by atoms with Crippen LogP contribution >= 0.6 is 23.2 Å². The first-order valence-corrected chi connectivity index (χ1v) is 7.51. The first-order valence-electron chi connectivity index (χ1n) is 6.75. The van der Waals surface area contributed by atoms with Crippen molar-refractivity contribution in [3.63, 3.8) is 0 Å². The molecule has 2 fully saturated rings. The summed E-state index contributed by atoms with van der Waals surface area (Å²) in [4.78, 5) is 2.50. The summed E-state index contributed by atoms with van der Waals surface area (Å²) in [5, 5.41) is 1.21. The van der Waals surface area contributed by atoms with Crippen molar-refractivity contribution in [1.29, 1.82) is 0 Å². The second-order valence-electron chi connectivity index (χ2n) is 5.44. The van der Waals surface area contributed by atoms with Gasteiger partial charge in [0.05, 0.1) is 10.0 Å². The van der Waals surface area contributed by atoms with Crippen molar-refractivity contribution in [3.05, 3.63) is 34.3 Å². The Labute approximate surface area is 120 Å². The number of halogens is 2. The SMILES string of the molecule is CN1CC2CCCC[C@@H]2C1.Clc1ccccc1Cl. The van der Waals surface area contributed by atoms with Crippen molar-refractivity contribution in [2.24, 2.45) is 11.8 Å². The quantitative estimate of drug-likeness (QED) is 0.666. The van der Waals surface area contributed by atoms with Gasteiger partial charge in [0, 0.05) is 13.1 Å². The summed E-state index contributed by atoms with van der Waals surface area (Å²) in [6.07, 6.45) is 6.01. The first kappa shape index (κ1) is 14.2. The molecule has 3 heteroatoms. The highest BCUT2D eigenvalue weighted by molar-refractivity contribution is 6.41. The molecule has 1 aromatic carbocycles. The highest BCUT2D eigenvalue weighted by atomic mass is 35.5. The van der Waals surface area contributed by atoms with E-state index in [0.29, 0.717) is 10.0 Å². The molecule has 2 aliphatic rings. The monoisotopic (exact) mass is 285 g/mol. The van der Waals surface area contributed by atoms with Crippen LogP contribution < -0.4 is 0 Å². The fourth-order valence-electron chi connectivity index (χ4n) is 3.08. The molecule has 2 atom stereocenters. The van der Waals surface area contributed by atoms with E-state index in [0.717, 1.165) is 11.8 Å². The zero-order chi connectivity index (χ0) is 13.0. The maximum atomic E-state index is 5.58. The van der Waals surface area contributed by atoms with E-state index in [-0.39, 0.29) is 0 Å². The van der Waals surface area contributed by atoms with Gasteiger partial charge in [-0.1, -0.05) is 48.2 Å². The van der Waals surface area contributed by atoms with Gasteiger partial charge in [0.15, 0.2) is 0 Å². The smallest absolute Gasteiger partial charge is 0.0592 e. The molecule has 0 bridgehead atoms. The predicted molar refractivity (Wildman–Crippen MR) is 79.4 cm³/mol. The number of benzene rings is 1. The van der Waals surface area contributed by atoms with Crippen LogP contribution in [-0.4, -0.2) is 25.0 Å². The lowest BCUT2D eigenvalue weighted by Crippen LogP contribution is -2.16. The molecule has 100 valence electrons. The third-order valence-electron chi connectivity index (χ3n) is 3.98. The molecule has 0 radical (unpaired) electrons. The molecule has 1 saturated heterocycles. The van der Waals surface area contributed by atoms with Crippen LogP contribution in [0, 0.1) is 11.8 Å². The molecule has 0 amide bonds. The Bertz CT molecular complexity index is 346. The molecule has 1 saturated carbocycles. The van der Waals surface area contributed by atoms with Crippen LogP contribution in [0.1, 0.15) is 25.7 Å². The van der Waals surface area contributed by atoms with E-state index in [1.807, 2.05) is 12.1 Å². The topological polar surface area (TPSA) is 3.24 Å². The Morgan fingerprint density at radius 1 is 0.944 bits per heavy atom. The number of nitrogens with zero attached hydrogens (tertiary/aromatic N) is 1. The lowest BCUT2D eigenvalue weighted by Gasteiger charge is -2.23. The Kier molecular flexibility index (Phi) is 5.35. The maximum absolute atomic E-state index is 5.58. The van der Waals surface area contributed by atoms with E-state index < -0.39 is 0 Å². The molecule has 3 rings (SSSR count). The Hall–Kier alpha value is -0.240. The Morgan fingerprint density at radius 3 is 1.78 bits per heavy atom. The summed E-state index contributed by atoms with van der Waals surface area (Å²) in [5.41, 5.74) is 0. The molecule has 0 N–H and O–H groups in total. The van der Waals surface area contributed by atoms with E-state index in [4.69, 9.17) is 23.2 Å². The normalized spacial score (nSPS) is 27.3. The van der Waals surface area contributed by atoms with Crippen LogP contribution in [-0.2, 0) is 0 Å². The highest BCUT2D eigenvalue weighted by Crippen LogP contribution is 2.35. The molecule has 1 nitrogen and oxygen atoms in total. The van der Waals surface area contributed by atoms with E-state index in [1.54, 1.807) is 12.1 Å². The van der Waals surface area contributed by atoms with Crippen LogP contribution in [0.25, 0.3) is 0 Å². The average Bonchev–Trinajstić information content (AvgIpc) is 2.74. The molecular weight excluding hydrogens is 265 g/mol. The van der Waals surface area contributed by atoms with E-state index >= 15 is 0 Å². The van der Waals surface area contributed by atoms with Crippen molar-refractivity contribution < 1.29 is 0 Å². The van der Waals surface area contributed by atoms with Gasteiger partial charge in [-0.3, -0.25) is 0 Å². The molecule has 0 spiro atoms. The van der Waals surface area contributed by atoms with Crippen molar-refractivity contribution in [3.8, 4) is 0 Å². The second kappa shape index (κ2) is 6.79. The molecule has 1 unspecified atom stereocenters. The van der Waals surface area contributed by atoms with Crippen LogP contribution in [0.2, 0.25) is 10.0 Å². The van der Waals surface area contributed by atoms with Gasteiger partial charge in [0.25, 0.3) is 0 Å². The molecule has 1 aromatic rings. The molecule has 1 aliphatic heterocycles. The lowest BCUT2D eigenvalue weighted by atomic mass is 9.82. The highest BCUT2D eigenvalue weighted by Gasteiger charge is 2.32. The van der Waals surface area contributed by atoms with Crippen LogP contribution in [0.15, 0.2) is 24.3 Å². The predicted octanol–water partition coefficient (Wildman–Crippen LogP) is 4.73. The summed E-state index contributed by atoms with van der Waals surface area (Å²) in [7, 11) is 2.26. The maximum Gasteiger partial charge on any atom is 0.0592 e. The van der Waals surface area contributed by atoms with Gasteiger partial charge in [0.1, 0.15) is 0 Å². The number of likely N-dealkylation sites (tertiary alicyclic amines) is 1. The summed E-state index contributed by atoms with van der Waals surface area (Å²) in [5.74, 6) is 2.14. The zero-order valence-corrected chi connectivity index (χ0v) is 12.4. The van der Waals surface area contributed by atoms with Crippen molar-refractivity contribution in [1.82, 2.24) is 4.90 Å². The minimum absolute atomic E-state index is 0.606. The second-order valence-corrected chi connectivity index (χ2v) is 6.25. The third kappa shape index (κ3) is 3.88. The lowest BCUT2D eigenvalue weighted by molar-refractivity contribution is 0.299. The van der Waals surface area contributed by atoms with Crippen molar-refractivity contribution >= 4 is 23.2 Å². The Balaban J connectivity index is 0.000000138. The Morgan fingerprint density at radius 2 is 1.39 bits per heavy atom. The van der Waals surface area contributed by atoms with Crippen LogP contribution in [0.3, 0.4) is 0 Å². The zero-order valence-electron chi connectivity index (χ0n) is 10.9. The van der Waals surface area contributed by atoms with Gasteiger partial charge in [-0.2, -0.15) is 0 Å². The number of fused-ring (bicyclic) bond motifs is 1. The van der Waals surface area contributed by atoms with E-state index in [1.165, 1.54) is 38.8 Å². The van der Waals surface area contributed by atoms with Gasteiger partial charge >= 0.3 is 0 Å². The van der Waals surface area contributed by atoms with Crippen molar-refractivity contribution in [2.45, 2.75) is 25.7 Å². The van der Waals surface area contributed by atoms with E-state index in [2.05, 4.69) is 11.9 Å². The fraction of sp³-hybridized carbons (Fsp3) is 0.600. The molecule has 1 heterocycles. The molecule has 0 aromatic heterocycles. The standard InChI is InChI=1S/C9H17N.C6H4Cl2/c1-10-6-8-4-2-3-5-9(8)7-10;7-5-3-1-2-4-6(5)8/h8-9H,2-7H2,1H3;1-4H/t8-,9?;/m1./s1. The summed E-state index contributed by atoms with van der Waals surface area (Å²) < 4.78 is 0.